The molecule has 4 nitrogen and oxygen atoms in total. The number of allylic oxidation sites excluding steroid dienone is 6. The maximum atomic E-state index is 6.10. The molecule has 4 rings (SSSR count). The van der Waals surface area contributed by atoms with Gasteiger partial charge in [-0.25, -0.2) is 0 Å². The molecule has 0 spiro atoms. The first-order valence-corrected chi connectivity index (χ1v) is 9.66. The Labute approximate surface area is 165 Å². The van der Waals surface area contributed by atoms with Crippen LogP contribution in [0.4, 0.5) is 0 Å². The zero-order valence-corrected chi connectivity index (χ0v) is 16.2. The Kier molecular flexibility index (Phi) is 5.38. The molecule has 2 aliphatic rings. The van der Waals surface area contributed by atoms with E-state index < -0.39 is 0 Å². The summed E-state index contributed by atoms with van der Waals surface area (Å²) >= 11 is 0. The van der Waals surface area contributed by atoms with Gasteiger partial charge >= 0.3 is 0 Å². The average Bonchev–Trinajstić information content (AvgIpc) is 3.42. The Hall–Kier alpha value is -3.14. The van der Waals surface area contributed by atoms with Crippen molar-refractivity contribution in [3.8, 4) is 22.9 Å². The lowest BCUT2D eigenvalue weighted by Gasteiger charge is -2.17. The third-order valence-corrected chi connectivity index (χ3v) is 5.00. The summed E-state index contributed by atoms with van der Waals surface area (Å²) in [6, 6.07) is 7.62. The van der Waals surface area contributed by atoms with E-state index in [1.807, 2.05) is 24.3 Å². The van der Waals surface area contributed by atoms with E-state index in [0.29, 0.717) is 0 Å². The molecule has 2 atom stereocenters. The third kappa shape index (κ3) is 4.22. The minimum Gasteiger partial charge on any atom is -0.486 e. The van der Waals surface area contributed by atoms with Gasteiger partial charge in [-0.3, -0.25) is 9.97 Å². The number of hydrogen-bond acceptors (Lipinski definition) is 4. The summed E-state index contributed by atoms with van der Waals surface area (Å²) in [4.78, 5) is 8.93. The van der Waals surface area contributed by atoms with E-state index in [-0.39, 0.29) is 12.2 Å². The Morgan fingerprint density at radius 3 is 1.61 bits per heavy atom. The number of hydrogen-bond donors (Lipinski definition) is 0. The molecule has 2 aromatic heterocycles. The Bertz CT molecular complexity index is 893. The molecule has 2 aliphatic carbocycles. The molecule has 142 valence electrons. The lowest BCUT2D eigenvalue weighted by Crippen LogP contribution is -2.14. The van der Waals surface area contributed by atoms with Gasteiger partial charge in [0, 0.05) is 24.5 Å². The van der Waals surface area contributed by atoms with Gasteiger partial charge in [0.05, 0.1) is 11.4 Å². The van der Waals surface area contributed by atoms with Gasteiger partial charge in [-0.2, -0.15) is 0 Å². The standard InChI is InChI=1S/C24H24N2O2/c1-17(19-7-3-4-8-19)27-21-11-13-25-23(15-21)24-16-22(12-14-26-24)28-18(2)20-9-5-6-10-20/h3-7,9,11-18H,8,10H2,1-2H3. The molecule has 0 saturated heterocycles. The minimum absolute atomic E-state index is 0.0297. The predicted molar refractivity (Wildman–Crippen MR) is 111 cm³/mol. The van der Waals surface area contributed by atoms with Crippen molar-refractivity contribution in [1.82, 2.24) is 9.97 Å². The molecule has 0 saturated carbocycles. The highest BCUT2D eigenvalue weighted by Gasteiger charge is 2.14. The van der Waals surface area contributed by atoms with Crippen molar-refractivity contribution in [2.24, 2.45) is 0 Å². The first-order valence-electron chi connectivity index (χ1n) is 9.66. The number of aromatic nitrogens is 2. The van der Waals surface area contributed by atoms with Crippen molar-refractivity contribution in [1.29, 1.82) is 0 Å². The fraction of sp³-hybridized carbons (Fsp3) is 0.250. The van der Waals surface area contributed by atoms with Crippen molar-refractivity contribution in [2.45, 2.75) is 38.9 Å². The molecule has 28 heavy (non-hydrogen) atoms. The minimum atomic E-state index is 0.0297. The first-order chi connectivity index (χ1) is 13.7. The van der Waals surface area contributed by atoms with Crippen molar-refractivity contribution in [3.63, 3.8) is 0 Å². The molecule has 0 bridgehead atoms. The van der Waals surface area contributed by atoms with E-state index in [1.165, 1.54) is 11.1 Å². The summed E-state index contributed by atoms with van der Waals surface area (Å²) in [6.45, 7) is 4.14. The largest absolute Gasteiger partial charge is 0.486 e. The average molecular weight is 372 g/mol. The van der Waals surface area contributed by atoms with Gasteiger partial charge in [-0.05, 0) is 50.0 Å². The van der Waals surface area contributed by atoms with Crippen molar-refractivity contribution in [2.75, 3.05) is 0 Å². The fourth-order valence-electron chi connectivity index (χ4n) is 3.34. The summed E-state index contributed by atoms with van der Waals surface area (Å²) in [5.41, 5.74) is 4.08. The molecule has 0 fully saturated rings. The number of ether oxygens (including phenoxy) is 2. The van der Waals surface area contributed by atoms with Crippen LogP contribution in [0.5, 0.6) is 11.5 Å². The molecular weight excluding hydrogens is 348 g/mol. The zero-order chi connectivity index (χ0) is 19.3. The maximum Gasteiger partial charge on any atom is 0.123 e. The van der Waals surface area contributed by atoms with E-state index in [2.05, 4.69) is 60.3 Å². The van der Waals surface area contributed by atoms with Gasteiger partial charge < -0.3 is 9.47 Å². The van der Waals surface area contributed by atoms with Crippen LogP contribution in [0.15, 0.2) is 84.3 Å². The van der Waals surface area contributed by atoms with Crippen LogP contribution in [0, 0.1) is 0 Å². The molecule has 0 amide bonds. The van der Waals surface area contributed by atoms with E-state index in [0.717, 1.165) is 35.7 Å². The lowest BCUT2D eigenvalue weighted by molar-refractivity contribution is 0.255. The molecule has 2 aromatic rings. The van der Waals surface area contributed by atoms with Gasteiger partial charge in [0.25, 0.3) is 0 Å². The summed E-state index contributed by atoms with van der Waals surface area (Å²) in [7, 11) is 0. The van der Waals surface area contributed by atoms with E-state index in [9.17, 15) is 0 Å². The highest BCUT2D eigenvalue weighted by molar-refractivity contribution is 5.58. The SMILES string of the molecule is CC(Oc1ccnc(-c2cc(OC(C)C3=CC=CC3)ccn2)c1)C1=CC=CC1. The Morgan fingerprint density at radius 1 is 0.750 bits per heavy atom. The molecule has 2 heterocycles. The summed E-state index contributed by atoms with van der Waals surface area (Å²) in [5, 5.41) is 0. The molecular formula is C24H24N2O2. The second kappa shape index (κ2) is 8.26. The normalized spacial score (nSPS) is 17.2. The lowest BCUT2D eigenvalue weighted by atomic mass is 10.1. The van der Waals surface area contributed by atoms with Crippen LogP contribution in [-0.2, 0) is 0 Å². The van der Waals surface area contributed by atoms with Crippen LogP contribution in [-0.4, -0.2) is 22.2 Å². The quantitative estimate of drug-likeness (QED) is 0.648. The topological polar surface area (TPSA) is 44.2 Å². The molecule has 4 heteroatoms. The fourth-order valence-corrected chi connectivity index (χ4v) is 3.34. The summed E-state index contributed by atoms with van der Waals surface area (Å²) < 4.78 is 12.2. The Morgan fingerprint density at radius 2 is 1.21 bits per heavy atom. The number of nitrogens with zero attached hydrogens (tertiary/aromatic N) is 2. The van der Waals surface area contributed by atoms with Crippen LogP contribution in [0.2, 0.25) is 0 Å². The predicted octanol–water partition coefficient (Wildman–Crippen LogP) is 5.45. The summed E-state index contributed by atoms with van der Waals surface area (Å²) in [6.07, 6.45) is 18.1. The van der Waals surface area contributed by atoms with Crippen LogP contribution in [0.25, 0.3) is 11.4 Å². The van der Waals surface area contributed by atoms with Crippen LogP contribution < -0.4 is 9.47 Å². The second-order valence-corrected chi connectivity index (χ2v) is 7.02. The smallest absolute Gasteiger partial charge is 0.123 e. The molecule has 0 radical (unpaired) electrons. The number of pyridine rings is 2. The van der Waals surface area contributed by atoms with Crippen LogP contribution >= 0.6 is 0 Å². The molecule has 0 N–H and O–H groups in total. The molecule has 0 aromatic carbocycles. The Balaban J connectivity index is 1.48. The van der Waals surface area contributed by atoms with Crippen LogP contribution in [0.3, 0.4) is 0 Å². The summed E-state index contributed by atoms with van der Waals surface area (Å²) in [5.74, 6) is 1.57. The van der Waals surface area contributed by atoms with Crippen molar-refractivity contribution in [3.05, 3.63) is 84.3 Å². The van der Waals surface area contributed by atoms with E-state index in [4.69, 9.17) is 9.47 Å². The van der Waals surface area contributed by atoms with Crippen molar-refractivity contribution < 1.29 is 9.47 Å². The maximum absolute atomic E-state index is 6.10. The third-order valence-electron chi connectivity index (χ3n) is 5.00. The number of rotatable bonds is 7. The highest BCUT2D eigenvalue weighted by Crippen LogP contribution is 2.27. The van der Waals surface area contributed by atoms with E-state index in [1.54, 1.807) is 12.4 Å². The van der Waals surface area contributed by atoms with Gasteiger partial charge in [-0.1, -0.05) is 36.5 Å². The molecule has 0 aliphatic heterocycles. The van der Waals surface area contributed by atoms with Gasteiger partial charge in [-0.15, -0.1) is 0 Å². The molecule has 2 unspecified atom stereocenters. The highest BCUT2D eigenvalue weighted by atomic mass is 16.5. The monoisotopic (exact) mass is 372 g/mol. The van der Waals surface area contributed by atoms with Gasteiger partial charge in [0.15, 0.2) is 0 Å². The van der Waals surface area contributed by atoms with E-state index >= 15 is 0 Å². The van der Waals surface area contributed by atoms with Crippen LogP contribution in [0.1, 0.15) is 26.7 Å². The second-order valence-electron chi connectivity index (χ2n) is 7.02. The first kappa shape index (κ1) is 18.2. The van der Waals surface area contributed by atoms with Gasteiger partial charge in [0.2, 0.25) is 0 Å². The van der Waals surface area contributed by atoms with Crippen molar-refractivity contribution >= 4 is 0 Å². The zero-order valence-electron chi connectivity index (χ0n) is 16.2. The van der Waals surface area contributed by atoms with Gasteiger partial charge in [0.1, 0.15) is 23.7 Å².